The first kappa shape index (κ1) is 21.4. The molecular weight excluding hydrogens is 444 g/mol. The van der Waals surface area contributed by atoms with Crippen LogP contribution in [-0.2, 0) is 18.3 Å². The lowest BCUT2D eigenvalue weighted by Gasteiger charge is -2.13. The van der Waals surface area contributed by atoms with Crippen LogP contribution in [0.5, 0.6) is 0 Å². The van der Waals surface area contributed by atoms with Crippen molar-refractivity contribution in [2.24, 2.45) is 7.05 Å². The molecule has 0 radical (unpaired) electrons. The second kappa shape index (κ2) is 8.14. The third-order valence-electron chi connectivity index (χ3n) is 5.55. The summed E-state index contributed by atoms with van der Waals surface area (Å²) in [4.78, 5) is 33.2. The highest BCUT2D eigenvalue weighted by Gasteiger charge is 2.20. The van der Waals surface area contributed by atoms with Crippen molar-refractivity contribution in [2.45, 2.75) is 6.54 Å². The zero-order valence-electron chi connectivity index (χ0n) is 18.1. The van der Waals surface area contributed by atoms with Crippen molar-refractivity contribution in [1.82, 2.24) is 24.3 Å². The van der Waals surface area contributed by atoms with Gasteiger partial charge in [-0.1, -0.05) is 12.1 Å². The number of halogens is 2. The minimum atomic E-state index is -0.832. The number of carbonyl (C=O) groups excluding carboxylic acids is 1. The van der Waals surface area contributed by atoms with Crippen molar-refractivity contribution in [3.8, 4) is 11.1 Å². The number of nitrogens with zero attached hydrogens (tertiary/aromatic N) is 5. The molecule has 0 amide bonds. The number of rotatable bonds is 4. The molecule has 3 aromatic heterocycles. The van der Waals surface area contributed by atoms with E-state index >= 15 is 8.78 Å². The van der Waals surface area contributed by atoms with Gasteiger partial charge in [-0.05, 0) is 29.3 Å². The minimum absolute atomic E-state index is 0.0362. The van der Waals surface area contributed by atoms with Gasteiger partial charge in [-0.25, -0.2) is 18.6 Å². The molecule has 0 saturated heterocycles. The van der Waals surface area contributed by atoms with Crippen LogP contribution in [0.15, 0.2) is 59.9 Å². The topological polar surface area (TPSA) is 91.9 Å². The summed E-state index contributed by atoms with van der Waals surface area (Å²) in [6.07, 6.45) is 5.58. The monoisotopic (exact) mass is 461 g/mol. The largest absolute Gasteiger partial charge is 0.465 e. The van der Waals surface area contributed by atoms with Crippen LogP contribution < -0.4 is 5.56 Å². The average molecular weight is 461 g/mol. The van der Waals surface area contributed by atoms with E-state index in [0.717, 1.165) is 9.95 Å². The quantitative estimate of drug-likeness (QED) is 0.381. The van der Waals surface area contributed by atoms with Gasteiger partial charge in [-0.3, -0.25) is 14.5 Å². The van der Waals surface area contributed by atoms with Crippen LogP contribution in [0.25, 0.3) is 33.1 Å². The third-order valence-corrected chi connectivity index (χ3v) is 5.55. The fraction of sp³-hybridized carbons (Fsp3) is 0.125. The number of ether oxygens (including phenoxy) is 1. The number of esters is 1. The van der Waals surface area contributed by atoms with Gasteiger partial charge >= 0.3 is 5.97 Å². The Bertz CT molecular complexity index is 1640. The lowest BCUT2D eigenvalue weighted by Crippen LogP contribution is -2.25. The molecule has 0 aliphatic carbocycles. The number of fused-ring (bicyclic) bond motifs is 2. The van der Waals surface area contributed by atoms with Crippen molar-refractivity contribution in [1.29, 1.82) is 0 Å². The minimum Gasteiger partial charge on any atom is -0.465 e. The van der Waals surface area contributed by atoms with Crippen LogP contribution in [0.2, 0.25) is 0 Å². The number of benzene rings is 2. The van der Waals surface area contributed by atoms with Crippen LogP contribution >= 0.6 is 0 Å². The molecule has 0 fully saturated rings. The number of pyridine rings is 1. The molecule has 5 rings (SSSR count). The Labute approximate surface area is 191 Å². The molecule has 34 heavy (non-hydrogen) atoms. The highest BCUT2D eigenvalue weighted by atomic mass is 19.1. The molecule has 0 aliphatic rings. The molecule has 0 saturated carbocycles. The van der Waals surface area contributed by atoms with Gasteiger partial charge in [0.25, 0.3) is 5.56 Å². The van der Waals surface area contributed by atoms with E-state index in [2.05, 4.69) is 15.1 Å². The summed E-state index contributed by atoms with van der Waals surface area (Å²) in [6.45, 7) is -0.454. The Morgan fingerprint density at radius 2 is 1.76 bits per heavy atom. The second-order valence-electron chi connectivity index (χ2n) is 7.68. The Kier molecular flexibility index (Phi) is 5.12. The number of aromatic nitrogens is 5. The third kappa shape index (κ3) is 3.49. The molecule has 0 spiro atoms. The molecule has 5 aromatic rings. The predicted octanol–water partition coefficient (Wildman–Crippen LogP) is 3.46. The van der Waals surface area contributed by atoms with Crippen LogP contribution in [-0.4, -0.2) is 37.4 Å². The molecule has 170 valence electrons. The maximum absolute atomic E-state index is 15.2. The summed E-state index contributed by atoms with van der Waals surface area (Å²) in [5.41, 5.74) is 0.602. The molecule has 0 N–H and O–H groups in total. The molecular formula is C24H17F2N5O3. The smallest absolute Gasteiger partial charge is 0.341 e. The van der Waals surface area contributed by atoms with Gasteiger partial charge in [-0.2, -0.15) is 5.10 Å². The molecule has 0 unspecified atom stereocenters. The van der Waals surface area contributed by atoms with Crippen molar-refractivity contribution < 1.29 is 18.3 Å². The van der Waals surface area contributed by atoms with Gasteiger partial charge < -0.3 is 9.30 Å². The van der Waals surface area contributed by atoms with Crippen LogP contribution in [0.3, 0.4) is 0 Å². The fourth-order valence-corrected chi connectivity index (χ4v) is 3.97. The Morgan fingerprint density at radius 1 is 1.06 bits per heavy atom. The number of aryl methyl sites for hydroxylation is 1. The van der Waals surface area contributed by atoms with Gasteiger partial charge in [0, 0.05) is 42.8 Å². The van der Waals surface area contributed by atoms with Gasteiger partial charge in [-0.15, -0.1) is 0 Å². The summed E-state index contributed by atoms with van der Waals surface area (Å²) in [5, 5.41) is 5.08. The molecule has 10 heteroatoms. The SMILES string of the molecule is COC(=O)c1cn(Cc2c(F)cc(-c3cccc4nn(C)cc34)cc2F)c(=O)c2nccnc12. The molecule has 2 aromatic carbocycles. The number of hydrogen-bond donors (Lipinski definition) is 0. The molecule has 8 nitrogen and oxygen atoms in total. The van der Waals surface area contributed by atoms with E-state index in [1.807, 2.05) is 6.07 Å². The van der Waals surface area contributed by atoms with Crippen molar-refractivity contribution in [3.05, 3.63) is 88.2 Å². The van der Waals surface area contributed by atoms with Crippen LogP contribution in [0.4, 0.5) is 8.78 Å². The first-order valence-electron chi connectivity index (χ1n) is 10.2. The van der Waals surface area contributed by atoms with Gasteiger partial charge in [0.05, 0.1) is 19.2 Å². The van der Waals surface area contributed by atoms with E-state index in [1.54, 1.807) is 30.1 Å². The summed E-state index contributed by atoms with van der Waals surface area (Å²) >= 11 is 0. The molecule has 0 bridgehead atoms. The molecule has 0 atom stereocenters. The normalized spacial score (nSPS) is 11.3. The van der Waals surface area contributed by atoms with E-state index in [4.69, 9.17) is 4.74 Å². The van der Waals surface area contributed by atoms with E-state index in [9.17, 15) is 9.59 Å². The van der Waals surface area contributed by atoms with Crippen molar-refractivity contribution in [3.63, 3.8) is 0 Å². The van der Waals surface area contributed by atoms with Crippen molar-refractivity contribution in [2.75, 3.05) is 7.11 Å². The first-order chi connectivity index (χ1) is 16.4. The van der Waals surface area contributed by atoms with E-state index in [1.165, 1.54) is 37.8 Å². The maximum Gasteiger partial charge on any atom is 0.341 e. The number of carbonyl (C=O) groups is 1. The zero-order valence-corrected chi connectivity index (χ0v) is 18.1. The fourth-order valence-electron chi connectivity index (χ4n) is 3.97. The van der Waals surface area contributed by atoms with E-state index < -0.39 is 29.7 Å². The highest BCUT2D eigenvalue weighted by Crippen LogP contribution is 2.30. The summed E-state index contributed by atoms with van der Waals surface area (Å²) in [7, 11) is 2.95. The average Bonchev–Trinajstić information content (AvgIpc) is 3.22. The lowest BCUT2D eigenvalue weighted by molar-refractivity contribution is 0.0601. The highest BCUT2D eigenvalue weighted by molar-refractivity contribution is 6.01. The standard InChI is InChI=1S/C24H17F2N5O3/c1-30-10-15-14(4-3-5-20(15)29-30)13-8-18(25)16(19(26)9-13)11-31-12-17(24(33)34-2)21-22(23(31)32)28-7-6-27-21/h3-10,12H,11H2,1-2H3. The van der Waals surface area contributed by atoms with E-state index in [-0.39, 0.29) is 22.2 Å². The Balaban J connectivity index is 1.62. The Hall–Kier alpha value is -4.47. The van der Waals surface area contributed by atoms with E-state index in [0.29, 0.717) is 16.6 Å². The second-order valence-corrected chi connectivity index (χ2v) is 7.68. The van der Waals surface area contributed by atoms with Gasteiger partial charge in [0.2, 0.25) is 0 Å². The van der Waals surface area contributed by atoms with Gasteiger partial charge in [0.15, 0.2) is 5.52 Å². The van der Waals surface area contributed by atoms with Gasteiger partial charge in [0.1, 0.15) is 22.7 Å². The van der Waals surface area contributed by atoms with Crippen LogP contribution in [0, 0.1) is 11.6 Å². The number of methoxy groups -OCH3 is 1. The number of hydrogen-bond acceptors (Lipinski definition) is 6. The lowest BCUT2D eigenvalue weighted by atomic mass is 9.99. The summed E-state index contributed by atoms with van der Waals surface area (Å²) in [5.74, 6) is -2.41. The molecule has 0 aliphatic heterocycles. The summed E-state index contributed by atoms with van der Waals surface area (Å²) in [6, 6.07) is 7.76. The zero-order chi connectivity index (χ0) is 24.0. The first-order valence-corrected chi connectivity index (χ1v) is 10.2. The summed E-state index contributed by atoms with van der Waals surface area (Å²) < 4.78 is 37.7. The van der Waals surface area contributed by atoms with Crippen molar-refractivity contribution >= 4 is 27.9 Å². The maximum atomic E-state index is 15.2. The Morgan fingerprint density at radius 3 is 2.47 bits per heavy atom. The molecule has 3 heterocycles. The predicted molar refractivity (Wildman–Crippen MR) is 120 cm³/mol. The van der Waals surface area contributed by atoms with Crippen LogP contribution in [0.1, 0.15) is 15.9 Å².